The van der Waals surface area contributed by atoms with Gasteiger partial charge < -0.3 is 5.73 Å². The Bertz CT molecular complexity index is 551. The van der Waals surface area contributed by atoms with E-state index in [0.717, 1.165) is 23.0 Å². The molecule has 1 aromatic heterocycles. The molecule has 2 aromatic rings. The number of nitrogens with zero attached hydrogens (tertiary/aromatic N) is 2. The van der Waals surface area contributed by atoms with Crippen LogP contribution in [-0.2, 0) is 6.42 Å². The van der Waals surface area contributed by atoms with Crippen molar-refractivity contribution in [1.29, 1.82) is 0 Å². The van der Waals surface area contributed by atoms with E-state index >= 15 is 0 Å². The third-order valence-corrected chi connectivity index (χ3v) is 4.89. The van der Waals surface area contributed by atoms with Crippen molar-refractivity contribution in [1.82, 2.24) is 9.36 Å². The quantitative estimate of drug-likeness (QED) is 0.915. The Hall–Kier alpha value is -0.910. The molecule has 0 amide bonds. The van der Waals surface area contributed by atoms with Gasteiger partial charge in [0.25, 0.3) is 0 Å². The molecule has 1 aromatic carbocycles. The molecule has 1 heterocycles. The Morgan fingerprint density at radius 3 is 2.79 bits per heavy atom. The van der Waals surface area contributed by atoms with Gasteiger partial charge in [-0.3, -0.25) is 0 Å². The van der Waals surface area contributed by atoms with E-state index in [2.05, 4.69) is 41.4 Å². The maximum Gasteiger partial charge on any atom is 0.174 e. The van der Waals surface area contributed by atoms with Gasteiger partial charge >= 0.3 is 0 Å². The Morgan fingerprint density at radius 2 is 2.16 bits per heavy atom. The highest BCUT2D eigenvalue weighted by Crippen LogP contribution is 2.32. The highest BCUT2D eigenvalue weighted by atomic mass is 32.2. The molecule has 0 bridgehead atoms. The van der Waals surface area contributed by atoms with Crippen LogP contribution >= 0.6 is 23.3 Å². The lowest BCUT2D eigenvalue weighted by atomic mass is 10.0. The molecule has 2 N–H and O–H groups in total. The molecule has 0 saturated carbocycles. The van der Waals surface area contributed by atoms with Gasteiger partial charge in [0.05, 0.1) is 0 Å². The van der Waals surface area contributed by atoms with E-state index < -0.39 is 0 Å². The van der Waals surface area contributed by atoms with Crippen LogP contribution in [0.15, 0.2) is 27.4 Å². The molecule has 1 atom stereocenters. The van der Waals surface area contributed by atoms with Gasteiger partial charge in [-0.05, 0) is 49.9 Å². The number of nitrogens with two attached hydrogens (primary N) is 1. The van der Waals surface area contributed by atoms with Crippen LogP contribution in [0.25, 0.3) is 0 Å². The molecule has 0 radical (unpaired) electrons. The summed E-state index contributed by atoms with van der Waals surface area (Å²) in [5.41, 5.74) is 8.67. The highest BCUT2D eigenvalue weighted by Gasteiger charge is 2.10. The van der Waals surface area contributed by atoms with Gasteiger partial charge in [0.15, 0.2) is 4.34 Å². The molecular formula is C14H19N3S2. The van der Waals surface area contributed by atoms with E-state index in [9.17, 15) is 0 Å². The van der Waals surface area contributed by atoms with Crippen molar-refractivity contribution in [2.75, 3.05) is 0 Å². The van der Waals surface area contributed by atoms with E-state index in [1.54, 1.807) is 11.8 Å². The van der Waals surface area contributed by atoms with Crippen LogP contribution in [0.3, 0.4) is 0 Å². The molecule has 0 aliphatic rings. The molecule has 3 nitrogen and oxygen atoms in total. The number of benzene rings is 1. The second kappa shape index (κ2) is 6.50. The molecule has 102 valence electrons. The molecule has 0 spiro atoms. The van der Waals surface area contributed by atoms with Gasteiger partial charge in [-0.15, -0.1) is 0 Å². The zero-order chi connectivity index (χ0) is 13.8. The fraction of sp³-hybridized carbons (Fsp3) is 0.429. The standard InChI is InChI=1S/C14H19N3S2/c1-4-12(15)8-11-7-9(2)5-6-13(11)18-14-16-10(3)17-19-14/h5-7,12H,4,8,15H2,1-3H3. The van der Waals surface area contributed by atoms with Crippen molar-refractivity contribution in [2.24, 2.45) is 5.73 Å². The summed E-state index contributed by atoms with van der Waals surface area (Å²) < 4.78 is 5.22. The van der Waals surface area contributed by atoms with Gasteiger partial charge in [0, 0.05) is 10.9 Å². The normalized spacial score (nSPS) is 12.6. The van der Waals surface area contributed by atoms with Gasteiger partial charge in [-0.1, -0.05) is 36.4 Å². The van der Waals surface area contributed by atoms with Crippen LogP contribution in [0.2, 0.25) is 0 Å². The van der Waals surface area contributed by atoms with Crippen molar-refractivity contribution in [3.63, 3.8) is 0 Å². The topological polar surface area (TPSA) is 51.8 Å². The highest BCUT2D eigenvalue weighted by molar-refractivity contribution is 8.01. The van der Waals surface area contributed by atoms with E-state index in [-0.39, 0.29) is 6.04 Å². The lowest BCUT2D eigenvalue weighted by Gasteiger charge is -2.13. The van der Waals surface area contributed by atoms with Crippen LogP contribution in [0.1, 0.15) is 30.3 Å². The van der Waals surface area contributed by atoms with Gasteiger partial charge in [-0.2, -0.15) is 4.37 Å². The van der Waals surface area contributed by atoms with E-state index in [4.69, 9.17) is 5.73 Å². The molecule has 0 fully saturated rings. The van der Waals surface area contributed by atoms with Crippen LogP contribution in [0, 0.1) is 13.8 Å². The molecule has 19 heavy (non-hydrogen) atoms. The molecule has 0 aliphatic heterocycles. The molecule has 0 aliphatic carbocycles. The Kier molecular flexibility index (Phi) is 4.96. The zero-order valence-corrected chi connectivity index (χ0v) is 13.1. The van der Waals surface area contributed by atoms with Crippen molar-refractivity contribution in [3.8, 4) is 0 Å². The predicted molar refractivity (Wildman–Crippen MR) is 81.9 cm³/mol. The molecular weight excluding hydrogens is 274 g/mol. The first-order valence-electron chi connectivity index (χ1n) is 6.41. The minimum absolute atomic E-state index is 0.220. The van der Waals surface area contributed by atoms with Crippen molar-refractivity contribution < 1.29 is 0 Å². The Balaban J connectivity index is 2.23. The smallest absolute Gasteiger partial charge is 0.174 e. The third-order valence-electron chi connectivity index (χ3n) is 2.93. The fourth-order valence-corrected chi connectivity index (χ4v) is 3.54. The summed E-state index contributed by atoms with van der Waals surface area (Å²) in [6.07, 6.45) is 1.91. The SMILES string of the molecule is CCC(N)Cc1cc(C)ccc1Sc1nc(C)ns1. The van der Waals surface area contributed by atoms with Crippen LogP contribution in [-0.4, -0.2) is 15.4 Å². The number of aryl methyl sites for hydroxylation is 2. The average Bonchev–Trinajstić information content (AvgIpc) is 2.78. The maximum atomic E-state index is 6.09. The van der Waals surface area contributed by atoms with Crippen LogP contribution in [0.5, 0.6) is 0 Å². The Morgan fingerprint density at radius 1 is 1.37 bits per heavy atom. The van der Waals surface area contributed by atoms with E-state index in [1.807, 2.05) is 6.92 Å². The van der Waals surface area contributed by atoms with Gasteiger partial charge in [0.2, 0.25) is 0 Å². The largest absolute Gasteiger partial charge is 0.327 e. The zero-order valence-electron chi connectivity index (χ0n) is 11.5. The van der Waals surface area contributed by atoms with Crippen LogP contribution < -0.4 is 5.73 Å². The van der Waals surface area contributed by atoms with Crippen molar-refractivity contribution >= 4 is 23.3 Å². The summed E-state index contributed by atoms with van der Waals surface area (Å²) in [6, 6.07) is 6.74. The first-order valence-corrected chi connectivity index (χ1v) is 8.00. The molecule has 1 unspecified atom stereocenters. The first-order chi connectivity index (χ1) is 9.08. The molecule has 2 rings (SSSR count). The number of rotatable bonds is 5. The van der Waals surface area contributed by atoms with E-state index in [0.29, 0.717) is 0 Å². The summed E-state index contributed by atoms with van der Waals surface area (Å²) in [4.78, 5) is 5.65. The summed E-state index contributed by atoms with van der Waals surface area (Å²) >= 11 is 3.14. The molecule has 5 heteroatoms. The maximum absolute atomic E-state index is 6.09. The second-order valence-electron chi connectivity index (χ2n) is 4.69. The summed E-state index contributed by atoms with van der Waals surface area (Å²) in [6.45, 7) is 6.16. The van der Waals surface area contributed by atoms with Gasteiger partial charge in [-0.25, -0.2) is 4.98 Å². The number of hydrogen-bond acceptors (Lipinski definition) is 5. The van der Waals surface area contributed by atoms with Crippen molar-refractivity contribution in [3.05, 3.63) is 35.2 Å². The lowest BCUT2D eigenvalue weighted by Crippen LogP contribution is -2.21. The first kappa shape index (κ1) is 14.5. The van der Waals surface area contributed by atoms with E-state index in [1.165, 1.54) is 27.6 Å². The van der Waals surface area contributed by atoms with Crippen molar-refractivity contribution in [2.45, 2.75) is 48.9 Å². The monoisotopic (exact) mass is 293 g/mol. The number of aromatic nitrogens is 2. The molecule has 0 saturated heterocycles. The third kappa shape index (κ3) is 4.03. The minimum atomic E-state index is 0.220. The number of hydrogen-bond donors (Lipinski definition) is 1. The summed E-state index contributed by atoms with van der Waals surface area (Å²) in [7, 11) is 0. The lowest BCUT2D eigenvalue weighted by molar-refractivity contribution is 0.641. The summed E-state index contributed by atoms with van der Waals surface area (Å²) in [5.74, 6) is 0.839. The average molecular weight is 293 g/mol. The summed E-state index contributed by atoms with van der Waals surface area (Å²) in [5, 5.41) is 0. The minimum Gasteiger partial charge on any atom is -0.327 e. The Labute approximate surface area is 122 Å². The predicted octanol–water partition coefficient (Wildman–Crippen LogP) is 3.59. The second-order valence-corrected chi connectivity index (χ2v) is 6.73. The van der Waals surface area contributed by atoms with Gasteiger partial charge in [0.1, 0.15) is 5.82 Å². The fourth-order valence-electron chi connectivity index (χ4n) is 1.81. The van der Waals surface area contributed by atoms with Crippen LogP contribution in [0.4, 0.5) is 0 Å².